The third-order valence-electron chi connectivity index (χ3n) is 7.21. The summed E-state index contributed by atoms with van der Waals surface area (Å²) in [6.07, 6.45) is 2.62. The average molecular weight is 690 g/mol. The number of aromatic hydroxyl groups is 1. The number of phenols is 1. The quantitative estimate of drug-likeness (QED) is 0.0650. The molecule has 3 aromatic carbocycles. The molecule has 0 aliphatic carbocycles. The molecule has 0 atom stereocenters. The molecule has 0 unspecified atom stereocenters. The standard InChI is InChI=1S/C35H33F2N5O8/c1-5-47-27(44)12-9-19-15-25(45-3)30(26(16-19)46-4)50-31-28(36)34(48-22-8-6-7-21(17-22)33-40-13-14-42(33)2)41-35(29(31)37)49-24-18-20(32(38)39)10-11-23(24)43/h6-12,15-18,43H,5,13-14H2,1-4H3,(H3,38,39)/b12-9+. The molecule has 15 heteroatoms. The summed E-state index contributed by atoms with van der Waals surface area (Å²) >= 11 is 0. The number of nitrogens with one attached hydrogen (secondary N) is 1. The maximum absolute atomic E-state index is 16.3. The highest BCUT2D eigenvalue weighted by molar-refractivity contribution is 6.00. The van der Waals surface area contributed by atoms with Gasteiger partial charge in [0.25, 0.3) is 11.8 Å². The highest BCUT2D eigenvalue weighted by Crippen LogP contribution is 2.46. The van der Waals surface area contributed by atoms with Crippen molar-refractivity contribution >= 4 is 23.7 Å². The number of pyridine rings is 1. The first-order valence-electron chi connectivity index (χ1n) is 15.1. The summed E-state index contributed by atoms with van der Waals surface area (Å²) in [4.78, 5) is 22.3. The molecule has 0 spiro atoms. The van der Waals surface area contributed by atoms with Crippen molar-refractivity contribution in [3.8, 4) is 52.0 Å². The van der Waals surface area contributed by atoms with Crippen molar-refractivity contribution in [3.63, 3.8) is 0 Å². The van der Waals surface area contributed by atoms with Gasteiger partial charge >= 0.3 is 5.97 Å². The summed E-state index contributed by atoms with van der Waals surface area (Å²) in [6, 6.07) is 13.2. The Balaban J connectivity index is 1.61. The molecule has 50 heavy (non-hydrogen) atoms. The first-order chi connectivity index (χ1) is 24.0. The molecule has 1 aromatic heterocycles. The van der Waals surface area contributed by atoms with Crippen LogP contribution in [0, 0.1) is 17.0 Å². The minimum absolute atomic E-state index is 0.0191. The zero-order valence-electron chi connectivity index (χ0n) is 27.5. The molecular weight excluding hydrogens is 656 g/mol. The van der Waals surface area contributed by atoms with Gasteiger partial charge in [-0.3, -0.25) is 10.4 Å². The van der Waals surface area contributed by atoms with E-state index in [1.54, 1.807) is 31.2 Å². The first-order valence-corrected chi connectivity index (χ1v) is 15.1. The summed E-state index contributed by atoms with van der Waals surface area (Å²) in [5.41, 5.74) is 6.84. The second kappa shape index (κ2) is 15.2. The fourth-order valence-corrected chi connectivity index (χ4v) is 4.78. The van der Waals surface area contributed by atoms with Crippen LogP contribution in [0.5, 0.6) is 52.0 Å². The fraction of sp³-hybridized carbons (Fsp3) is 0.200. The number of benzene rings is 3. The molecule has 260 valence electrons. The van der Waals surface area contributed by atoms with Crippen LogP contribution in [0.1, 0.15) is 23.6 Å². The number of esters is 1. The number of halogens is 2. The van der Waals surface area contributed by atoms with E-state index in [1.807, 2.05) is 11.9 Å². The molecule has 4 N–H and O–H groups in total. The molecule has 1 aliphatic rings. The predicted molar refractivity (Wildman–Crippen MR) is 179 cm³/mol. The zero-order chi connectivity index (χ0) is 35.9. The number of amidine groups is 2. The normalized spacial score (nSPS) is 12.4. The Labute approximate surface area is 285 Å². The molecule has 5 rings (SSSR count). The number of carbonyl (C=O) groups excluding carboxylic acids is 1. The Morgan fingerprint density at radius 2 is 1.68 bits per heavy atom. The van der Waals surface area contributed by atoms with Crippen molar-refractivity contribution in [2.24, 2.45) is 10.7 Å². The smallest absolute Gasteiger partial charge is 0.330 e. The topological polar surface area (TPSA) is 171 Å². The summed E-state index contributed by atoms with van der Waals surface area (Å²) in [6.45, 7) is 3.19. The number of carbonyl (C=O) groups is 1. The third-order valence-corrected chi connectivity index (χ3v) is 7.21. The molecule has 0 bridgehead atoms. The van der Waals surface area contributed by atoms with Gasteiger partial charge in [-0.1, -0.05) is 12.1 Å². The van der Waals surface area contributed by atoms with Crippen molar-refractivity contribution in [1.82, 2.24) is 9.88 Å². The van der Waals surface area contributed by atoms with E-state index in [-0.39, 0.29) is 46.8 Å². The number of nitrogens with two attached hydrogens (primary N) is 1. The molecule has 13 nitrogen and oxygen atoms in total. The van der Waals surface area contributed by atoms with Crippen molar-refractivity contribution < 1.29 is 47.1 Å². The van der Waals surface area contributed by atoms with E-state index in [4.69, 9.17) is 39.6 Å². The van der Waals surface area contributed by atoms with Gasteiger partial charge in [0.05, 0.1) is 27.4 Å². The van der Waals surface area contributed by atoms with Gasteiger partial charge in [-0.25, -0.2) is 4.79 Å². The van der Waals surface area contributed by atoms with Crippen molar-refractivity contribution in [2.45, 2.75) is 6.92 Å². The fourth-order valence-electron chi connectivity index (χ4n) is 4.78. The number of rotatable bonds is 13. The monoisotopic (exact) mass is 689 g/mol. The number of nitrogens with zero attached hydrogens (tertiary/aromatic N) is 3. The zero-order valence-corrected chi connectivity index (χ0v) is 27.5. The van der Waals surface area contributed by atoms with Crippen LogP contribution in [0.25, 0.3) is 6.08 Å². The highest BCUT2D eigenvalue weighted by Gasteiger charge is 2.29. The number of methoxy groups -OCH3 is 2. The van der Waals surface area contributed by atoms with Gasteiger partial charge in [0.2, 0.25) is 23.1 Å². The molecule has 0 radical (unpaired) electrons. The largest absolute Gasteiger partial charge is 0.504 e. The Morgan fingerprint density at radius 1 is 0.980 bits per heavy atom. The first kappa shape index (κ1) is 34.9. The van der Waals surface area contributed by atoms with Gasteiger partial charge in [-0.2, -0.15) is 13.8 Å². The van der Waals surface area contributed by atoms with Crippen molar-refractivity contribution in [2.75, 3.05) is 41.0 Å². The second-order valence-electron chi connectivity index (χ2n) is 10.6. The average Bonchev–Trinajstić information content (AvgIpc) is 3.54. The van der Waals surface area contributed by atoms with Gasteiger partial charge in [0, 0.05) is 30.8 Å². The van der Waals surface area contributed by atoms with Crippen LogP contribution >= 0.6 is 0 Å². The van der Waals surface area contributed by atoms with Crippen LogP contribution in [0.4, 0.5) is 8.78 Å². The summed E-state index contributed by atoms with van der Waals surface area (Å²) in [7, 11) is 4.48. The maximum atomic E-state index is 16.3. The summed E-state index contributed by atoms with van der Waals surface area (Å²) in [5.74, 6) is -6.56. The molecule has 1 aliphatic heterocycles. The van der Waals surface area contributed by atoms with E-state index >= 15 is 8.78 Å². The molecule has 4 aromatic rings. The Hall–Kier alpha value is -6.38. The van der Waals surface area contributed by atoms with Crippen LogP contribution in [0.3, 0.4) is 0 Å². The number of nitrogen functional groups attached to an aromatic ring is 1. The van der Waals surface area contributed by atoms with Crippen LogP contribution in [-0.2, 0) is 9.53 Å². The maximum Gasteiger partial charge on any atom is 0.330 e. The number of phenolic OH excluding ortho intramolecular Hbond substituents is 1. The molecule has 0 fully saturated rings. The lowest BCUT2D eigenvalue weighted by molar-refractivity contribution is -0.137. The van der Waals surface area contributed by atoms with Gasteiger partial charge < -0.3 is 44.2 Å². The lowest BCUT2D eigenvalue weighted by atomic mass is 10.1. The lowest BCUT2D eigenvalue weighted by Gasteiger charge is -2.18. The SMILES string of the molecule is CCOC(=O)/C=C/c1cc(OC)c(Oc2c(F)c(Oc3cccc(C4=NCCN4C)c3)nc(Oc3cc(C(=N)N)ccc3O)c2F)c(OC)c1. The van der Waals surface area contributed by atoms with Crippen LogP contribution < -0.4 is 29.4 Å². The Bertz CT molecular complexity index is 1980. The van der Waals surface area contributed by atoms with Gasteiger partial charge in [0.15, 0.2) is 23.0 Å². The molecule has 0 saturated heterocycles. The highest BCUT2D eigenvalue weighted by atomic mass is 19.1. The number of likely N-dealkylation sites (N-methyl/N-ethyl adjacent to an activating group) is 1. The van der Waals surface area contributed by atoms with Gasteiger partial charge in [0.1, 0.15) is 17.4 Å². The van der Waals surface area contributed by atoms with Crippen LogP contribution in [0.15, 0.2) is 65.7 Å². The van der Waals surface area contributed by atoms with Crippen LogP contribution in [-0.4, -0.2) is 73.6 Å². The Kier molecular flexibility index (Phi) is 10.6. The number of aromatic nitrogens is 1. The minimum Gasteiger partial charge on any atom is -0.504 e. The number of hydrogen-bond donors (Lipinski definition) is 3. The van der Waals surface area contributed by atoms with Gasteiger partial charge in [-0.15, -0.1) is 0 Å². The number of ether oxygens (including phenoxy) is 6. The minimum atomic E-state index is -1.42. The molecule has 0 amide bonds. The van der Waals surface area contributed by atoms with Gasteiger partial charge in [-0.05, 0) is 61.0 Å². The number of hydrogen-bond acceptors (Lipinski definition) is 12. The summed E-state index contributed by atoms with van der Waals surface area (Å²) in [5, 5.41) is 18.2. The van der Waals surface area contributed by atoms with E-state index in [2.05, 4.69) is 9.98 Å². The van der Waals surface area contributed by atoms with E-state index < -0.39 is 40.9 Å². The van der Waals surface area contributed by atoms with E-state index in [1.165, 1.54) is 56.7 Å². The van der Waals surface area contributed by atoms with E-state index in [0.29, 0.717) is 23.5 Å². The van der Waals surface area contributed by atoms with Crippen LogP contribution in [0.2, 0.25) is 0 Å². The number of aliphatic imine (C=N–C) groups is 1. The Morgan fingerprint density at radius 3 is 2.30 bits per heavy atom. The molecule has 0 saturated carbocycles. The lowest BCUT2D eigenvalue weighted by Crippen LogP contribution is -2.23. The summed E-state index contributed by atoms with van der Waals surface area (Å²) < 4.78 is 65.6. The van der Waals surface area contributed by atoms with Crippen molar-refractivity contribution in [1.29, 1.82) is 5.41 Å². The predicted octanol–water partition coefficient (Wildman–Crippen LogP) is 6.01. The second-order valence-corrected chi connectivity index (χ2v) is 10.6. The third kappa shape index (κ3) is 7.67. The van der Waals surface area contributed by atoms with Crippen molar-refractivity contribution in [3.05, 3.63) is 89.0 Å². The molecule has 2 heterocycles. The van der Waals surface area contributed by atoms with E-state index in [9.17, 15) is 9.90 Å². The molecular formula is C35H33F2N5O8. The van der Waals surface area contributed by atoms with E-state index in [0.717, 1.165) is 6.54 Å².